The predicted octanol–water partition coefficient (Wildman–Crippen LogP) is 3.07. The Morgan fingerprint density at radius 1 is 1.32 bits per heavy atom. The van der Waals surface area contributed by atoms with Gasteiger partial charge in [0.1, 0.15) is 6.07 Å². The number of hydrogen-bond acceptors (Lipinski definition) is 6. The minimum absolute atomic E-state index is 0.213. The molecular formula is C17H15N5O2S. The Hall–Kier alpha value is -3.05. The molecule has 1 N–H and O–H groups in total. The molecule has 0 spiro atoms. The van der Waals surface area contributed by atoms with Gasteiger partial charge in [0.15, 0.2) is 16.7 Å². The number of para-hydroxylation sites is 1. The number of nitrogens with one attached hydrogen (secondary N) is 1. The van der Waals surface area contributed by atoms with Crippen LogP contribution in [0.15, 0.2) is 52.2 Å². The Morgan fingerprint density at radius 2 is 2.12 bits per heavy atom. The van der Waals surface area contributed by atoms with Gasteiger partial charge in [-0.25, -0.2) is 0 Å². The third kappa shape index (κ3) is 3.56. The van der Waals surface area contributed by atoms with E-state index in [4.69, 9.17) is 9.68 Å². The van der Waals surface area contributed by atoms with Gasteiger partial charge in [-0.1, -0.05) is 23.9 Å². The van der Waals surface area contributed by atoms with Crippen LogP contribution in [0.3, 0.4) is 0 Å². The summed E-state index contributed by atoms with van der Waals surface area (Å²) in [4.78, 5) is 12.4. The lowest BCUT2D eigenvalue weighted by atomic mass is 10.2. The second-order valence-electron chi connectivity index (χ2n) is 5.25. The quantitative estimate of drug-likeness (QED) is 0.708. The summed E-state index contributed by atoms with van der Waals surface area (Å²) in [5.41, 5.74) is 0.920. The summed E-state index contributed by atoms with van der Waals surface area (Å²) in [6.45, 7) is 1.77. The number of benzene rings is 1. The molecule has 0 fully saturated rings. The summed E-state index contributed by atoms with van der Waals surface area (Å²) in [5.74, 6) is 0.993. The maximum Gasteiger partial charge on any atom is 0.237 e. The van der Waals surface area contributed by atoms with Crippen molar-refractivity contribution >= 4 is 23.4 Å². The number of anilines is 1. The number of amides is 1. The molecule has 1 unspecified atom stereocenters. The zero-order chi connectivity index (χ0) is 17.8. The van der Waals surface area contributed by atoms with Gasteiger partial charge in [0.05, 0.1) is 22.8 Å². The van der Waals surface area contributed by atoms with E-state index in [1.807, 2.05) is 7.05 Å². The Morgan fingerprint density at radius 3 is 2.84 bits per heavy atom. The van der Waals surface area contributed by atoms with Crippen LogP contribution in [0, 0.1) is 11.3 Å². The Labute approximate surface area is 148 Å². The molecule has 1 aromatic carbocycles. The van der Waals surface area contributed by atoms with E-state index in [0.717, 1.165) is 0 Å². The average Bonchev–Trinajstić information content (AvgIpc) is 3.26. The van der Waals surface area contributed by atoms with Crippen LogP contribution in [-0.4, -0.2) is 25.9 Å². The van der Waals surface area contributed by atoms with Gasteiger partial charge in [0, 0.05) is 7.05 Å². The van der Waals surface area contributed by atoms with Gasteiger partial charge < -0.3 is 14.3 Å². The molecule has 1 amide bonds. The standard InChI is InChI=1S/C17H15N5O2S/c1-11(16(23)19-13-7-4-3-6-12(13)10-18)25-17-21-20-15(22(17)2)14-8-5-9-24-14/h3-9,11H,1-2H3,(H,19,23). The third-order valence-electron chi connectivity index (χ3n) is 3.53. The molecule has 0 aliphatic carbocycles. The lowest BCUT2D eigenvalue weighted by Gasteiger charge is -2.12. The second-order valence-corrected chi connectivity index (χ2v) is 6.56. The maximum absolute atomic E-state index is 12.4. The molecule has 25 heavy (non-hydrogen) atoms. The van der Waals surface area contributed by atoms with Gasteiger partial charge in [-0.05, 0) is 31.2 Å². The van der Waals surface area contributed by atoms with Gasteiger partial charge in [0.25, 0.3) is 0 Å². The highest BCUT2D eigenvalue weighted by molar-refractivity contribution is 8.00. The molecule has 0 bridgehead atoms. The number of thioether (sulfide) groups is 1. The summed E-state index contributed by atoms with van der Waals surface area (Å²) in [6, 6.07) is 12.5. The highest BCUT2D eigenvalue weighted by Crippen LogP contribution is 2.26. The van der Waals surface area contributed by atoms with E-state index < -0.39 is 5.25 Å². The van der Waals surface area contributed by atoms with Gasteiger partial charge in [-0.2, -0.15) is 5.26 Å². The molecule has 126 valence electrons. The molecule has 0 radical (unpaired) electrons. The topological polar surface area (TPSA) is 96.7 Å². The van der Waals surface area contributed by atoms with Crippen molar-refractivity contribution in [2.45, 2.75) is 17.3 Å². The first-order valence-electron chi connectivity index (χ1n) is 7.50. The van der Waals surface area contributed by atoms with Crippen LogP contribution in [0.25, 0.3) is 11.6 Å². The van der Waals surface area contributed by atoms with Crippen LogP contribution >= 0.6 is 11.8 Å². The van der Waals surface area contributed by atoms with Crippen LogP contribution in [0.4, 0.5) is 5.69 Å². The number of carbonyl (C=O) groups excluding carboxylic acids is 1. The predicted molar refractivity (Wildman–Crippen MR) is 93.8 cm³/mol. The first-order valence-corrected chi connectivity index (χ1v) is 8.38. The Balaban J connectivity index is 1.71. The first-order chi connectivity index (χ1) is 12.1. The van der Waals surface area contributed by atoms with E-state index in [1.54, 1.807) is 54.2 Å². The molecule has 0 aliphatic rings. The number of hydrogen-bond donors (Lipinski definition) is 1. The zero-order valence-electron chi connectivity index (χ0n) is 13.6. The number of nitriles is 1. The average molecular weight is 353 g/mol. The summed E-state index contributed by atoms with van der Waals surface area (Å²) < 4.78 is 7.10. The van der Waals surface area contributed by atoms with Crippen molar-refractivity contribution in [2.75, 3.05) is 5.32 Å². The van der Waals surface area contributed by atoms with Crippen molar-refractivity contribution in [1.29, 1.82) is 5.26 Å². The fourth-order valence-corrected chi connectivity index (χ4v) is 2.99. The van der Waals surface area contributed by atoms with E-state index in [0.29, 0.717) is 28.0 Å². The molecule has 0 saturated heterocycles. The molecular weight excluding hydrogens is 338 g/mol. The van der Waals surface area contributed by atoms with Crippen LogP contribution in [-0.2, 0) is 11.8 Å². The highest BCUT2D eigenvalue weighted by atomic mass is 32.2. The Kier molecular flexibility index (Phi) is 4.86. The molecule has 2 heterocycles. The van der Waals surface area contributed by atoms with Crippen molar-refractivity contribution in [3.63, 3.8) is 0 Å². The number of carbonyl (C=O) groups is 1. The molecule has 7 nitrogen and oxygen atoms in total. The maximum atomic E-state index is 12.4. The highest BCUT2D eigenvalue weighted by Gasteiger charge is 2.20. The van der Waals surface area contributed by atoms with Gasteiger partial charge in [-0.15, -0.1) is 10.2 Å². The van der Waals surface area contributed by atoms with Crippen molar-refractivity contribution in [3.8, 4) is 17.7 Å². The van der Waals surface area contributed by atoms with Gasteiger partial charge in [-0.3, -0.25) is 4.79 Å². The minimum Gasteiger partial charge on any atom is -0.461 e. The third-order valence-corrected chi connectivity index (χ3v) is 4.67. The second kappa shape index (κ2) is 7.23. The SMILES string of the molecule is CC(Sc1nnc(-c2ccco2)n1C)C(=O)Nc1ccccc1C#N. The van der Waals surface area contributed by atoms with E-state index in [2.05, 4.69) is 21.6 Å². The molecule has 1 atom stereocenters. The molecule has 3 rings (SSSR count). The van der Waals surface area contributed by atoms with Gasteiger partial charge in [0.2, 0.25) is 5.91 Å². The molecule has 2 aromatic heterocycles. The number of rotatable bonds is 5. The molecule has 3 aromatic rings. The number of furan rings is 1. The fourth-order valence-electron chi connectivity index (χ4n) is 2.17. The van der Waals surface area contributed by atoms with Crippen LogP contribution in [0.1, 0.15) is 12.5 Å². The fraction of sp³-hybridized carbons (Fsp3) is 0.176. The minimum atomic E-state index is -0.418. The summed E-state index contributed by atoms with van der Waals surface area (Å²) >= 11 is 1.28. The number of nitrogens with zero attached hydrogens (tertiary/aromatic N) is 4. The lowest BCUT2D eigenvalue weighted by Crippen LogP contribution is -2.23. The van der Waals surface area contributed by atoms with Gasteiger partial charge >= 0.3 is 0 Å². The van der Waals surface area contributed by atoms with Crippen molar-refractivity contribution in [1.82, 2.24) is 14.8 Å². The van der Waals surface area contributed by atoms with Crippen LogP contribution in [0.5, 0.6) is 0 Å². The monoisotopic (exact) mass is 353 g/mol. The molecule has 0 saturated carbocycles. The molecule has 8 heteroatoms. The smallest absolute Gasteiger partial charge is 0.237 e. The summed E-state index contributed by atoms with van der Waals surface area (Å²) in [5, 5.41) is 20.3. The van der Waals surface area contributed by atoms with Crippen molar-refractivity contribution in [3.05, 3.63) is 48.2 Å². The number of aromatic nitrogens is 3. The largest absolute Gasteiger partial charge is 0.461 e. The van der Waals surface area contributed by atoms with Crippen molar-refractivity contribution in [2.24, 2.45) is 7.05 Å². The van der Waals surface area contributed by atoms with E-state index in [1.165, 1.54) is 11.8 Å². The molecule has 0 aliphatic heterocycles. The van der Waals surface area contributed by atoms with E-state index in [9.17, 15) is 4.79 Å². The van der Waals surface area contributed by atoms with Crippen LogP contribution < -0.4 is 5.32 Å². The van der Waals surface area contributed by atoms with Crippen LogP contribution in [0.2, 0.25) is 0 Å². The van der Waals surface area contributed by atoms with E-state index >= 15 is 0 Å². The zero-order valence-corrected chi connectivity index (χ0v) is 14.4. The Bertz CT molecular complexity index is 927. The first kappa shape index (κ1) is 16.8. The normalized spacial score (nSPS) is 11.7. The van der Waals surface area contributed by atoms with Crippen molar-refractivity contribution < 1.29 is 9.21 Å². The lowest BCUT2D eigenvalue weighted by molar-refractivity contribution is -0.115. The summed E-state index contributed by atoms with van der Waals surface area (Å²) in [7, 11) is 1.82. The summed E-state index contributed by atoms with van der Waals surface area (Å²) in [6.07, 6.45) is 1.57. The van der Waals surface area contributed by atoms with E-state index in [-0.39, 0.29) is 5.91 Å².